The Morgan fingerprint density at radius 2 is 2.06 bits per heavy atom. The molecule has 2 saturated heterocycles. The van der Waals surface area contributed by atoms with Crippen LogP contribution < -0.4 is 0 Å². The molecule has 17 heavy (non-hydrogen) atoms. The molecule has 1 N–H and O–H groups in total. The van der Waals surface area contributed by atoms with Crippen molar-refractivity contribution in [1.82, 2.24) is 4.31 Å². The molecule has 0 bridgehead atoms. The molecule has 2 aliphatic heterocycles. The lowest BCUT2D eigenvalue weighted by molar-refractivity contribution is -0.140. The average molecular weight is 263 g/mol. The van der Waals surface area contributed by atoms with Gasteiger partial charge in [-0.2, -0.15) is 4.31 Å². The molecule has 2 heterocycles. The van der Waals surface area contributed by atoms with E-state index in [0.29, 0.717) is 32.4 Å². The quantitative estimate of drug-likeness (QED) is 0.777. The van der Waals surface area contributed by atoms with Gasteiger partial charge in [-0.25, -0.2) is 8.42 Å². The van der Waals surface area contributed by atoms with Crippen molar-refractivity contribution in [3.8, 4) is 0 Å². The van der Waals surface area contributed by atoms with Gasteiger partial charge in [0.2, 0.25) is 10.0 Å². The second-order valence-electron chi connectivity index (χ2n) is 4.49. The van der Waals surface area contributed by atoms with Gasteiger partial charge in [-0.05, 0) is 25.7 Å². The summed E-state index contributed by atoms with van der Waals surface area (Å²) in [6.45, 7) is 1.09. The van der Waals surface area contributed by atoms with E-state index in [4.69, 9.17) is 9.84 Å². The molecule has 2 atom stereocenters. The molecule has 2 fully saturated rings. The lowest BCUT2D eigenvalue weighted by Gasteiger charge is -2.29. The van der Waals surface area contributed by atoms with Gasteiger partial charge in [0, 0.05) is 13.2 Å². The molecule has 98 valence electrons. The molecule has 2 rings (SSSR count). The van der Waals surface area contributed by atoms with Gasteiger partial charge in [-0.15, -0.1) is 0 Å². The van der Waals surface area contributed by atoms with Gasteiger partial charge in [0.1, 0.15) is 6.04 Å². The molecule has 0 aromatic rings. The predicted octanol–water partition coefficient (Wildman–Crippen LogP) is 0.0442. The van der Waals surface area contributed by atoms with Crippen LogP contribution >= 0.6 is 0 Å². The number of sulfonamides is 1. The maximum Gasteiger partial charge on any atom is 0.322 e. The number of carboxylic acid groups (broad SMARTS) is 1. The average Bonchev–Trinajstić information content (AvgIpc) is 2.80. The number of rotatable bonds is 3. The largest absolute Gasteiger partial charge is 0.480 e. The minimum Gasteiger partial charge on any atom is -0.480 e. The van der Waals surface area contributed by atoms with Crippen LogP contribution in [-0.4, -0.2) is 54.8 Å². The SMILES string of the molecule is O=C(O)[C@H]1CCCN1S(=O)(=O)C1CCCOC1. The Morgan fingerprint density at radius 1 is 1.29 bits per heavy atom. The summed E-state index contributed by atoms with van der Waals surface area (Å²) in [5.74, 6) is -1.05. The van der Waals surface area contributed by atoms with Gasteiger partial charge in [0.05, 0.1) is 11.9 Å². The van der Waals surface area contributed by atoms with Crippen LogP contribution in [0.1, 0.15) is 25.7 Å². The third-order valence-corrected chi connectivity index (χ3v) is 5.66. The van der Waals surface area contributed by atoms with E-state index in [1.165, 1.54) is 0 Å². The van der Waals surface area contributed by atoms with Gasteiger partial charge in [-0.1, -0.05) is 0 Å². The van der Waals surface area contributed by atoms with Crippen molar-refractivity contribution in [3.63, 3.8) is 0 Å². The number of ether oxygens (including phenoxy) is 1. The van der Waals surface area contributed by atoms with Crippen molar-refractivity contribution in [2.75, 3.05) is 19.8 Å². The zero-order chi connectivity index (χ0) is 12.5. The molecule has 0 amide bonds. The highest BCUT2D eigenvalue weighted by Crippen LogP contribution is 2.26. The van der Waals surface area contributed by atoms with Crippen LogP contribution in [0.2, 0.25) is 0 Å². The van der Waals surface area contributed by atoms with E-state index in [1.54, 1.807) is 0 Å². The maximum absolute atomic E-state index is 12.3. The Balaban J connectivity index is 2.16. The third kappa shape index (κ3) is 2.46. The normalized spacial score (nSPS) is 31.5. The molecule has 0 spiro atoms. The number of hydrogen-bond acceptors (Lipinski definition) is 4. The zero-order valence-corrected chi connectivity index (χ0v) is 10.4. The molecule has 1 unspecified atom stereocenters. The zero-order valence-electron chi connectivity index (χ0n) is 9.54. The summed E-state index contributed by atoms with van der Waals surface area (Å²) in [5, 5.41) is 8.44. The van der Waals surface area contributed by atoms with Gasteiger partial charge in [0.15, 0.2) is 0 Å². The summed E-state index contributed by atoms with van der Waals surface area (Å²) in [5.41, 5.74) is 0. The van der Waals surface area contributed by atoms with Crippen molar-refractivity contribution >= 4 is 16.0 Å². The Bertz CT molecular complexity index is 388. The highest BCUT2D eigenvalue weighted by Gasteiger charge is 2.42. The molecule has 0 saturated carbocycles. The smallest absolute Gasteiger partial charge is 0.322 e. The van der Waals surface area contributed by atoms with Crippen LogP contribution in [-0.2, 0) is 19.6 Å². The van der Waals surface area contributed by atoms with Crippen LogP contribution in [0.5, 0.6) is 0 Å². The van der Waals surface area contributed by atoms with Crippen molar-refractivity contribution in [2.45, 2.75) is 37.0 Å². The number of nitrogens with zero attached hydrogens (tertiary/aromatic N) is 1. The summed E-state index contributed by atoms with van der Waals surface area (Å²) in [4.78, 5) is 11.0. The van der Waals surface area contributed by atoms with Gasteiger partial charge >= 0.3 is 5.97 Å². The van der Waals surface area contributed by atoms with Crippen LogP contribution in [0.4, 0.5) is 0 Å². The Morgan fingerprint density at radius 3 is 2.65 bits per heavy atom. The first kappa shape index (κ1) is 12.8. The fraction of sp³-hybridized carbons (Fsp3) is 0.900. The molecule has 7 heteroatoms. The van der Waals surface area contributed by atoms with Gasteiger partial charge in [0.25, 0.3) is 0 Å². The van der Waals surface area contributed by atoms with E-state index < -0.39 is 27.3 Å². The van der Waals surface area contributed by atoms with Crippen molar-refractivity contribution in [1.29, 1.82) is 0 Å². The topological polar surface area (TPSA) is 83.9 Å². The minimum atomic E-state index is -3.53. The lowest BCUT2D eigenvalue weighted by atomic mass is 10.2. The van der Waals surface area contributed by atoms with Crippen LogP contribution in [0.25, 0.3) is 0 Å². The van der Waals surface area contributed by atoms with E-state index in [0.717, 1.165) is 10.7 Å². The van der Waals surface area contributed by atoms with Crippen molar-refractivity contribution in [2.24, 2.45) is 0 Å². The highest BCUT2D eigenvalue weighted by atomic mass is 32.2. The number of aliphatic carboxylic acids is 1. The molecule has 0 aromatic heterocycles. The molecular formula is C10H17NO5S. The second-order valence-corrected chi connectivity index (χ2v) is 6.66. The molecule has 2 aliphatic rings. The number of carboxylic acids is 1. The summed E-state index contributed by atoms with van der Waals surface area (Å²) in [7, 11) is -3.53. The van der Waals surface area contributed by atoms with E-state index in [9.17, 15) is 13.2 Å². The molecule has 0 radical (unpaired) electrons. The number of hydrogen-bond donors (Lipinski definition) is 1. The first-order valence-electron chi connectivity index (χ1n) is 5.84. The fourth-order valence-corrected chi connectivity index (χ4v) is 4.48. The Hall–Kier alpha value is -0.660. The highest BCUT2D eigenvalue weighted by molar-refractivity contribution is 7.89. The first-order valence-corrected chi connectivity index (χ1v) is 7.35. The van der Waals surface area contributed by atoms with Crippen LogP contribution in [0, 0.1) is 0 Å². The van der Waals surface area contributed by atoms with Crippen LogP contribution in [0.3, 0.4) is 0 Å². The molecule has 6 nitrogen and oxygen atoms in total. The molecular weight excluding hydrogens is 246 g/mol. The minimum absolute atomic E-state index is 0.186. The maximum atomic E-state index is 12.3. The summed E-state index contributed by atoms with van der Waals surface area (Å²) >= 11 is 0. The summed E-state index contributed by atoms with van der Waals surface area (Å²) in [6, 6.07) is -0.887. The van der Waals surface area contributed by atoms with Crippen molar-refractivity contribution in [3.05, 3.63) is 0 Å². The van der Waals surface area contributed by atoms with Gasteiger partial charge in [-0.3, -0.25) is 4.79 Å². The fourth-order valence-electron chi connectivity index (χ4n) is 2.43. The van der Waals surface area contributed by atoms with Crippen molar-refractivity contribution < 1.29 is 23.1 Å². The number of carbonyl (C=O) groups is 1. The molecule has 0 aromatic carbocycles. The van der Waals surface area contributed by atoms with E-state index in [2.05, 4.69) is 0 Å². The lowest BCUT2D eigenvalue weighted by Crippen LogP contribution is -2.47. The monoisotopic (exact) mass is 263 g/mol. The Kier molecular flexibility index (Phi) is 3.70. The second kappa shape index (κ2) is 4.91. The third-order valence-electron chi connectivity index (χ3n) is 3.36. The summed E-state index contributed by atoms with van der Waals surface area (Å²) < 4.78 is 30.9. The predicted molar refractivity (Wildman–Crippen MR) is 60.1 cm³/mol. The first-order chi connectivity index (χ1) is 8.03. The van der Waals surface area contributed by atoms with E-state index >= 15 is 0 Å². The van der Waals surface area contributed by atoms with E-state index in [1.807, 2.05) is 0 Å². The standard InChI is InChI=1S/C10H17NO5S/c12-10(13)9-4-1-5-11(9)17(14,15)8-3-2-6-16-7-8/h8-9H,1-7H2,(H,12,13)/t8?,9-/m1/s1. The van der Waals surface area contributed by atoms with Crippen LogP contribution in [0.15, 0.2) is 0 Å². The van der Waals surface area contributed by atoms with E-state index in [-0.39, 0.29) is 6.61 Å². The van der Waals surface area contributed by atoms with Gasteiger partial charge < -0.3 is 9.84 Å². The summed E-state index contributed by atoms with van der Waals surface area (Å²) in [6.07, 6.45) is 2.30. The Labute approximate surface area is 101 Å². The molecule has 0 aliphatic carbocycles.